The number of aryl methyl sites for hydroxylation is 1. The molecule has 2 aromatic carbocycles. The van der Waals surface area contributed by atoms with Gasteiger partial charge in [-0.3, -0.25) is 0 Å². The second-order valence-electron chi connectivity index (χ2n) is 7.57. The van der Waals surface area contributed by atoms with Gasteiger partial charge in [0.1, 0.15) is 5.75 Å². The second-order valence-corrected chi connectivity index (χ2v) is 7.57. The van der Waals surface area contributed by atoms with Gasteiger partial charge in [0.25, 0.3) is 0 Å². The fraction of sp³-hybridized carbons (Fsp3) is 0.435. The minimum Gasteiger partial charge on any atom is -0.496 e. The lowest BCUT2D eigenvalue weighted by Crippen LogP contribution is -2.42. The zero-order chi connectivity index (χ0) is 19.9. The van der Waals surface area contributed by atoms with E-state index in [0.29, 0.717) is 6.54 Å². The molecule has 2 unspecified atom stereocenters. The first-order valence-electron chi connectivity index (χ1n) is 10.0. The molecule has 0 aliphatic heterocycles. The summed E-state index contributed by atoms with van der Waals surface area (Å²) < 4.78 is 5.50. The van der Waals surface area contributed by atoms with Crippen molar-refractivity contribution in [2.45, 2.75) is 37.8 Å². The van der Waals surface area contributed by atoms with Gasteiger partial charge < -0.3 is 20.3 Å². The van der Waals surface area contributed by atoms with Crippen LogP contribution in [0.15, 0.2) is 48.5 Å². The van der Waals surface area contributed by atoms with E-state index in [2.05, 4.69) is 39.8 Å². The quantitative estimate of drug-likeness (QED) is 0.742. The number of carbonyl (C=O) groups is 1. The zero-order valence-electron chi connectivity index (χ0n) is 17.1. The Kier molecular flexibility index (Phi) is 6.93. The molecule has 0 fully saturated rings. The van der Waals surface area contributed by atoms with Gasteiger partial charge in [0.2, 0.25) is 0 Å². The normalized spacial score (nSPS) is 17.4. The van der Waals surface area contributed by atoms with E-state index in [0.717, 1.165) is 30.6 Å². The van der Waals surface area contributed by atoms with Gasteiger partial charge >= 0.3 is 6.03 Å². The third-order valence-corrected chi connectivity index (χ3v) is 5.50. The maximum absolute atomic E-state index is 12.7. The number of nitrogens with one attached hydrogen (secondary N) is 2. The van der Waals surface area contributed by atoms with Crippen LogP contribution in [0.5, 0.6) is 5.75 Å². The Labute approximate surface area is 168 Å². The van der Waals surface area contributed by atoms with Crippen LogP contribution in [-0.4, -0.2) is 38.7 Å². The van der Waals surface area contributed by atoms with Crippen LogP contribution in [0.1, 0.15) is 48.0 Å². The average molecular weight is 382 g/mol. The van der Waals surface area contributed by atoms with Crippen molar-refractivity contribution in [1.29, 1.82) is 0 Å². The average Bonchev–Trinajstić information content (AvgIpc) is 2.90. The molecule has 0 bridgehead atoms. The summed E-state index contributed by atoms with van der Waals surface area (Å²) in [7, 11) is 5.70. The maximum atomic E-state index is 12.7. The number of methoxy groups -OCH3 is 1. The molecule has 0 spiro atoms. The van der Waals surface area contributed by atoms with E-state index >= 15 is 0 Å². The lowest BCUT2D eigenvalue weighted by Gasteiger charge is -2.27. The fourth-order valence-corrected chi connectivity index (χ4v) is 3.98. The van der Waals surface area contributed by atoms with Crippen molar-refractivity contribution >= 4 is 6.03 Å². The van der Waals surface area contributed by atoms with Gasteiger partial charge in [0.05, 0.1) is 19.2 Å². The van der Waals surface area contributed by atoms with Crippen molar-refractivity contribution in [3.8, 4) is 5.75 Å². The maximum Gasteiger partial charge on any atom is 0.315 e. The third kappa shape index (κ3) is 4.84. The first-order chi connectivity index (χ1) is 13.6. The van der Waals surface area contributed by atoms with E-state index in [1.807, 2.05) is 38.4 Å². The lowest BCUT2D eigenvalue weighted by molar-refractivity contribution is 0.227. The van der Waals surface area contributed by atoms with Crippen LogP contribution in [0.3, 0.4) is 0 Å². The number of ether oxygens (including phenoxy) is 1. The highest BCUT2D eigenvalue weighted by Gasteiger charge is 2.22. The molecule has 0 saturated carbocycles. The fourth-order valence-electron chi connectivity index (χ4n) is 3.98. The first kappa shape index (κ1) is 20.2. The van der Waals surface area contributed by atoms with Crippen LogP contribution in [0.2, 0.25) is 0 Å². The van der Waals surface area contributed by atoms with Crippen LogP contribution >= 0.6 is 0 Å². The van der Waals surface area contributed by atoms with Crippen LogP contribution in [0, 0.1) is 0 Å². The summed E-state index contributed by atoms with van der Waals surface area (Å²) in [6.45, 7) is 0.508. The minimum atomic E-state index is -0.122. The van der Waals surface area contributed by atoms with Crippen LogP contribution in [0.25, 0.3) is 0 Å². The van der Waals surface area contributed by atoms with Gasteiger partial charge in [-0.15, -0.1) is 0 Å². The summed E-state index contributed by atoms with van der Waals surface area (Å²) in [6.07, 6.45) is 4.37. The van der Waals surface area contributed by atoms with Crippen LogP contribution in [0.4, 0.5) is 4.79 Å². The molecule has 1 aliphatic carbocycles. The van der Waals surface area contributed by atoms with Crippen molar-refractivity contribution < 1.29 is 9.53 Å². The largest absolute Gasteiger partial charge is 0.496 e. The number of likely N-dealkylation sites (N-methyl/N-ethyl adjacent to an activating group) is 1. The van der Waals surface area contributed by atoms with Crippen molar-refractivity contribution in [2.75, 3.05) is 27.7 Å². The summed E-state index contributed by atoms with van der Waals surface area (Å²) in [5.74, 6) is 0.834. The summed E-state index contributed by atoms with van der Waals surface area (Å²) in [5, 5.41) is 6.25. The number of nitrogens with zero attached hydrogens (tertiary/aromatic N) is 1. The predicted molar refractivity (Wildman–Crippen MR) is 113 cm³/mol. The Morgan fingerprint density at radius 3 is 2.68 bits per heavy atom. The summed E-state index contributed by atoms with van der Waals surface area (Å²) in [5.41, 5.74) is 3.67. The van der Waals surface area contributed by atoms with Crippen molar-refractivity contribution in [3.05, 3.63) is 65.2 Å². The molecule has 0 saturated heterocycles. The van der Waals surface area contributed by atoms with Crippen LogP contribution in [-0.2, 0) is 6.42 Å². The lowest BCUT2D eigenvalue weighted by atomic mass is 9.99. The molecule has 2 aromatic rings. The molecule has 1 aliphatic rings. The predicted octanol–water partition coefficient (Wildman–Crippen LogP) is 4.06. The number of rotatable bonds is 6. The standard InChI is InChI=1S/C23H31N3O2/c1-26(2)21(19-13-7-9-15-22(19)28-3)16-24-23(27)25-20-14-8-5-11-17-10-4-6-12-18(17)20/h4,6-7,9-10,12-13,15,20-21H,5,8,11,14,16H2,1-3H3,(H2,24,25,27). The number of para-hydroxylation sites is 1. The summed E-state index contributed by atoms with van der Waals surface area (Å²) in [6, 6.07) is 16.4. The van der Waals surface area contributed by atoms with Gasteiger partial charge in [-0.1, -0.05) is 48.9 Å². The van der Waals surface area contributed by atoms with Gasteiger partial charge in [-0.25, -0.2) is 4.79 Å². The number of fused-ring (bicyclic) bond motifs is 1. The zero-order valence-corrected chi connectivity index (χ0v) is 17.1. The van der Waals surface area contributed by atoms with Crippen molar-refractivity contribution in [2.24, 2.45) is 0 Å². The molecular weight excluding hydrogens is 350 g/mol. The molecular formula is C23H31N3O2. The second kappa shape index (κ2) is 9.60. The van der Waals surface area contributed by atoms with Crippen molar-refractivity contribution in [1.82, 2.24) is 15.5 Å². The number of amides is 2. The van der Waals surface area contributed by atoms with E-state index < -0.39 is 0 Å². The SMILES string of the molecule is COc1ccccc1C(CNC(=O)NC1CCCCc2ccccc21)N(C)C. The summed E-state index contributed by atoms with van der Waals surface area (Å²) >= 11 is 0. The number of urea groups is 1. The van der Waals surface area contributed by atoms with E-state index in [4.69, 9.17) is 4.74 Å². The Hall–Kier alpha value is -2.53. The molecule has 3 rings (SSSR count). The molecule has 2 N–H and O–H groups in total. The van der Waals surface area contributed by atoms with E-state index in [-0.39, 0.29) is 18.1 Å². The molecule has 0 heterocycles. The smallest absolute Gasteiger partial charge is 0.315 e. The molecule has 28 heavy (non-hydrogen) atoms. The van der Waals surface area contributed by atoms with Gasteiger partial charge in [0, 0.05) is 12.1 Å². The van der Waals surface area contributed by atoms with E-state index in [1.165, 1.54) is 17.5 Å². The monoisotopic (exact) mass is 381 g/mol. The molecule has 150 valence electrons. The van der Waals surface area contributed by atoms with Gasteiger partial charge in [-0.2, -0.15) is 0 Å². The Bertz CT molecular complexity index is 791. The first-order valence-corrected chi connectivity index (χ1v) is 10.0. The highest BCUT2D eigenvalue weighted by Crippen LogP contribution is 2.29. The third-order valence-electron chi connectivity index (χ3n) is 5.50. The van der Waals surface area contributed by atoms with Gasteiger partial charge in [-0.05, 0) is 50.6 Å². The minimum absolute atomic E-state index is 0.0309. The van der Waals surface area contributed by atoms with Crippen LogP contribution < -0.4 is 15.4 Å². The highest BCUT2D eigenvalue weighted by molar-refractivity contribution is 5.74. The number of benzene rings is 2. The summed E-state index contributed by atoms with van der Waals surface area (Å²) in [4.78, 5) is 14.8. The topological polar surface area (TPSA) is 53.6 Å². The van der Waals surface area contributed by atoms with Crippen molar-refractivity contribution in [3.63, 3.8) is 0 Å². The Morgan fingerprint density at radius 2 is 1.89 bits per heavy atom. The Balaban J connectivity index is 1.66. The molecule has 2 amide bonds. The number of carbonyl (C=O) groups excluding carboxylic acids is 1. The number of hydrogen-bond donors (Lipinski definition) is 2. The number of hydrogen-bond acceptors (Lipinski definition) is 3. The molecule has 0 radical (unpaired) electrons. The van der Waals surface area contributed by atoms with Gasteiger partial charge in [0.15, 0.2) is 0 Å². The molecule has 0 aromatic heterocycles. The highest BCUT2D eigenvalue weighted by atomic mass is 16.5. The molecule has 5 heteroatoms. The molecule has 5 nitrogen and oxygen atoms in total. The molecule has 2 atom stereocenters. The Morgan fingerprint density at radius 1 is 1.14 bits per heavy atom. The van der Waals surface area contributed by atoms with E-state index in [1.54, 1.807) is 7.11 Å². The van der Waals surface area contributed by atoms with E-state index in [9.17, 15) is 4.79 Å².